The van der Waals surface area contributed by atoms with Crippen LogP contribution < -0.4 is 0 Å². The molecule has 0 amide bonds. The van der Waals surface area contributed by atoms with Crippen molar-refractivity contribution in [1.29, 1.82) is 0 Å². The number of carboxylic acid groups (broad SMARTS) is 1. The maximum absolute atomic E-state index is 10.7. The third kappa shape index (κ3) is 2.22. The average molecular weight is 239 g/mol. The molecule has 0 heterocycles. The van der Waals surface area contributed by atoms with Crippen molar-refractivity contribution in [2.75, 3.05) is 0 Å². The molecule has 1 fully saturated rings. The molecule has 0 atom stereocenters. The summed E-state index contributed by atoms with van der Waals surface area (Å²) in [6, 6.07) is 7.84. The second kappa shape index (κ2) is 4.46. The third-order valence-electron chi connectivity index (χ3n) is 3.57. The van der Waals surface area contributed by atoms with Crippen LogP contribution in [0.3, 0.4) is 0 Å². The minimum Gasteiger partial charge on any atom is -0.481 e. The minimum atomic E-state index is -0.715. The van der Waals surface area contributed by atoms with Crippen molar-refractivity contribution in [2.45, 2.75) is 37.5 Å². The van der Waals surface area contributed by atoms with E-state index < -0.39 is 5.97 Å². The molecule has 1 aliphatic rings. The molecule has 1 aromatic rings. The first-order chi connectivity index (χ1) is 7.62. The van der Waals surface area contributed by atoms with E-state index in [0.29, 0.717) is 0 Å². The lowest BCUT2D eigenvalue weighted by Gasteiger charge is -2.42. The van der Waals surface area contributed by atoms with Gasteiger partial charge in [0.05, 0.1) is 0 Å². The molecule has 86 valence electrons. The second-order valence-electron chi connectivity index (χ2n) is 4.54. The topological polar surface area (TPSA) is 37.3 Å². The minimum absolute atomic E-state index is 0.0727. The molecule has 1 aliphatic carbocycles. The summed E-state index contributed by atoms with van der Waals surface area (Å²) in [5.74, 6) is -0.715. The summed E-state index contributed by atoms with van der Waals surface area (Å²) in [6.45, 7) is 0. The molecule has 2 nitrogen and oxygen atoms in total. The van der Waals surface area contributed by atoms with Gasteiger partial charge in [0.25, 0.3) is 0 Å². The van der Waals surface area contributed by atoms with Crippen LogP contribution in [-0.2, 0) is 10.2 Å². The summed E-state index contributed by atoms with van der Waals surface area (Å²) < 4.78 is 0. The number of hydrogen-bond acceptors (Lipinski definition) is 1. The van der Waals surface area contributed by atoms with Gasteiger partial charge in [-0.05, 0) is 42.4 Å². The van der Waals surface area contributed by atoms with Crippen molar-refractivity contribution in [3.63, 3.8) is 0 Å². The highest BCUT2D eigenvalue weighted by Gasteiger charge is 2.38. The van der Waals surface area contributed by atoms with Gasteiger partial charge in [-0.15, -0.1) is 0 Å². The van der Waals surface area contributed by atoms with Crippen LogP contribution in [-0.4, -0.2) is 11.1 Å². The number of hydrogen-bond donors (Lipinski definition) is 1. The normalized spacial score (nSPS) is 17.8. The van der Waals surface area contributed by atoms with Crippen LogP contribution in [0.4, 0.5) is 0 Å². The molecule has 1 saturated carbocycles. The van der Waals surface area contributed by atoms with Crippen LogP contribution in [0.25, 0.3) is 0 Å². The van der Waals surface area contributed by atoms with E-state index in [1.165, 1.54) is 12.0 Å². The lowest BCUT2D eigenvalue weighted by atomic mass is 9.62. The first-order valence-electron chi connectivity index (χ1n) is 5.60. The van der Waals surface area contributed by atoms with Crippen molar-refractivity contribution in [1.82, 2.24) is 0 Å². The summed E-state index contributed by atoms with van der Waals surface area (Å²) in [5, 5.41) is 9.51. The molecule has 1 N–H and O–H groups in total. The number of aliphatic carboxylic acids is 1. The lowest BCUT2D eigenvalue weighted by Crippen LogP contribution is -2.34. The summed E-state index contributed by atoms with van der Waals surface area (Å²) in [5.41, 5.74) is 1.27. The Morgan fingerprint density at radius 1 is 1.44 bits per heavy atom. The van der Waals surface area contributed by atoms with Crippen LogP contribution in [0, 0.1) is 0 Å². The fourth-order valence-electron chi connectivity index (χ4n) is 2.45. The van der Waals surface area contributed by atoms with Gasteiger partial charge in [-0.25, -0.2) is 0 Å². The Morgan fingerprint density at radius 3 is 2.69 bits per heavy atom. The highest BCUT2D eigenvalue weighted by atomic mass is 35.5. The van der Waals surface area contributed by atoms with E-state index in [1.54, 1.807) is 0 Å². The van der Waals surface area contributed by atoms with Crippen molar-refractivity contribution < 1.29 is 9.90 Å². The standard InChI is InChI=1S/C13H15ClO2/c14-11-4-1-3-10(9-11)13(6-2-7-13)8-5-12(15)16/h1,3-4,9H,2,5-8H2,(H,15,16). The van der Waals surface area contributed by atoms with Crippen molar-refractivity contribution in [3.05, 3.63) is 34.9 Å². The Bertz CT molecular complexity index is 397. The molecule has 3 heteroatoms. The third-order valence-corrected chi connectivity index (χ3v) is 3.80. The number of carbonyl (C=O) groups is 1. The zero-order valence-electron chi connectivity index (χ0n) is 9.08. The van der Waals surface area contributed by atoms with Crippen molar-refractivity contribution in [2.24, 2.45) is 0 Å². The molecule has 0 spiro atoms. The molecule has 1 aromatic carbocycles. The number of rotatable bonds is 4. The van der Waals surface area contributed by atoms with Gasteiger partial charge in [0, 0.05) is 11.4 Å². The van der Waals surface area contributed by atoms with E-state index in [9.17, 15) is 4.79 Å². The van der Waals surface area contributed by atoms with Crippen LogP contribution >= 0.6 is 11.6 Å². The molecular formula is C13H15ClO2. The first kappa shape index (κ1) is 11.5. The highest BCUT2D eigenvalue weighted by Crippen LogP contribution is 2.47. The number of halogens is 1. The molecular weight excluding hydrogens is 224 g/mol. The van der Waals surface area contributed by atoms with Crippen LogP contribution in [0.1, 0.15) is 37.7 Å². The Hall–Kier alpha value is -1.02. The van der Waals surface area contributed by atoms with Gasteiger partial charge in [-0.1, -0.05) is 30.2 Å². The summed E-state index contributed by atoms with van der Waals surface area (Å²) in [7, 11) is 0. The van der Waals surface area contributed by atoms with E-state index in [4.69, 9.17) is 16.7 Å². The zero-order valence-corrected chi connectivity index (χ0v) is 9.83. The summed E-state index contributed by atoms with van der Waals surface area (Å²) in [4.78, 5) is 10.7. The summed E-state index contributed by atoms with van der Waals surface area (Å²) >= 11 is 5.98. The molecule has 0 saturated heterocycles. The Balaban J connectivity index is 2.17. The Kier molecular flexibility index (Phi) is 3.20. The largest absolute Gasteiger partial charge is 0.481 e. The van der Waals surface area contributed by atoms with Gasteiger partial charge in [0.2, 0.25) is 0 Å². The maximum atomic E-state index is 10.7. The van der Waals surface area contributed by atoms with Crippen LogP contribution in [0.15, 0.2) is 24.3 Å². The molecule has 0 aromatic heterocycles. The average Bonchev–Trinajstić information content (AvgIpc) is 2.15. The van der Waals surface area contributed by atoms with E-state index in [-0.39, 0.29) is 11.8 Å². The monoisotopic (exact) mass is 238 g/mol. The predicted molar refractivity (Wildman–Crippen MR) is 63.9 cm³/mol. The van der Waals surface area contributed by atoms with Crippen LogP contribution in [0.5, 0.6) is 0 Å². The summed E-state index contributed by atoms with van der Waals surface area (Å²) in [6.07, 6.45) is 4.32. The fraction of sp³-hybridized carbons (Fsp3) is 0.462. The maximum Gasteiger partial charge on any atom is 0.303 e. The van der Waals surface area contributed by atoms with Gasteiger partial charge < -0.3 is 5.11 Å². The molecule has 0 radical (unpaired) electrons. The SMILES string of the molecule is O=C(O)CCC1(c2cccc(Cl)c2)CCC1. The van der Waals surface area contributed by atoms with Crippen molar-refractivity contribution in [3.8, 4) is 0 Å². The first-order valence-corrected chi connectivity index (χ1v) is 5.98. The Labute approximate surface area is 100 Å². The quantitative estimate of drug-likeness (QED) is 0.870. The molecule has 0 bridgehead atoms. The van der Waals surface area contributed by atoms with E-state index >= 15 is 0 Å². The molecule has 2 rings (SSSR count). The van der Waals surface area contributed by atoms with Gasteiger partial charge in [0.15, 0.2) is 0 Å². The highest BCUT2D eigenvalue weighted by molar-refractivity contribution is 6.30. The molecule has 0 unspecified atom stereocenters. The van der Waals surface area contributed by atoms with Gasteiger partial charge in [-0.3, -0.25) is 4.79 Å². The van der Waals surface area contributed by atoms with Gasteiger partial charge in [-0.2, -0.15) is 0 Å². The fourth-order valence-corrected chi connectivity index (χ4v) is 2.64. The lowest BCUT2D eigenvalue weighted by molar-refractivity contribution is -0.137. The smallest absolute Gasteiger partial charge is 0.303 e. The predicted octanol–water partition coefficient (Wildman–Crippen LogP) is 3.63. The van der Waals surface area contributed by atoms with E-state index in [2.05, 4.69) is 6.07 Å². The van der Waals surface area contributed by atoms with Crippen LogP contribution in [0.2, 0.25) is 5.02 Å². The van der Waals surface area contributed by atoms with E-state index in [1.807, 2.05) is 18.2 Å². The van der Waals surface area contributed by atoms with E-state index in [0.717, 1.165) is 24.3 Å². The van der Waals surface area contributed by atoms with Gasteiger partial charge >= 0.3 is 5.97 Å². The molecule has 0 aliphatic heterocycles. The number of benzene rings is 1. The van der Waals surface area contributed by atoms with Gasteiger partial charge in [0.1, 0.15) is 0 Å². The zero-order chi connectivity index (χ0) is 11.6. The number of carboxylic acids is 1. The Morgan fingerprint density at radius 2 is 2.19 bits per heavy atom. The second-order valence-corrected chi connectivity index (χ2v) is 4.97. The molecule has 16 heavy (non-hydrogen) atoms. The van der Waals surface area contributed by atoms with Crippen molar-refractivity contribution >= 4 is 17.6 Å².